The largest absolute Gasteiger partial charge is 0.342 e. The SMILES string of the molecule is Cc1cnc(-c2ccnnc2)[nH]1. The minimum atomic E-state index is 0.836. The van der Waals surface area contributed by atoms with Gasteiger partial charge in [0, 0.05) is 17.5 Å². The molecule has 0 fully saturated rings. The second-order valence-corrected chi connectivity index (χ2v) is 2.55. The molecule has 0 aliphatic carbocycles. The van der Waals surface area contributed by atoms with Crippen LogP contribution in [0.2, 0.25) is 0 Å². The summed E-state index contributed by atoms with van der Waals surface area (Å²) in [6.07, 6.45) is 5.11. The molecule has 2 heterocycles. The second-order valence-electron chi connectivity index (χ2n) is 2.55. The lowest BCUT2D eigenvalue weighted by atomic mass is 10.3. The normalized spacial score (nSPS) is 10.1. The van der Waals surface area contributed by atoms with Crippen LogP contribution >= 0.6 is 0 Å². The lowest BCUT2D eigenvalue weighted by molar-refractivity contribution is 1.03. The molecule has 1 N–H and O–H groups in total. The van der Waals surface area contributed by atoms with Crippen LogP contribution in [0.1, 0.15) is 5.69 Å². The number of H-pyrrole nitrogens is 1. The van der Waals surface area contributed by atoms with Gasteiger partial charge in [-0.3, -0.25) is 0 Å². The fourth-order valence-electron chi connectivity index (χ4n) is 0.990. The fraction of sp³-hybridized carbons (Fsp3) is 0.125. The maximum Gasteiger partial charge on any atom is 0.139 e. The number of nitrogens with one attached hydrogen (secondary N) is 1. The van der Waals surface area contributed by atoms with Gasteiger partial charge in [-0.15, -0.1) is 0 Å². The van der Waals surface area contributed by atoms with E-state index in [1.54, 1.807) is 18.6 Å². The van der Waals surface area contributed by atoms with Crippen molar-refractivity contribution in [3.63, 3.8) is 0 Å². The van der Waals surface area contributed by atoms with E-state index in [1.807, 2.05) is 13.0 Å². The minimum Gasteiger partial charge on any atom is -0.342 e. The molecule has 0 radical (unpaired) electrons. The van der Waals surface area contributed by atoms with Crippen molar-refractivity contribution in [2.45, 2.75) is 6.92 Å². The van der Waals surface area contributed by atoms with Crippen molar-refractivity contribution in [2.75, 3.05) is 0 Å². The van der Waals surface area contributed by atoms with Gasteiger partial charge in [-0.05, 0) is 13.0 Å². The minimum absolute atomic E-state index is 0.836. The first kappa shape index (κ1) is 6.97. The van der Waals surface area contributed by atoms with Crippen molar-refractivity contribution in [1.29, 1.82) is 0 Å². The van der Waals surface area contributed by atoms with E-state index in [9.17, 15) is 0 Å². The highest BCUT2D eigenvalue weighted by Gasteiger charge is 1.99. The molecule has 60 valence electrons. The van der Waals surface area contributed by atoms with E-state index in [2.05, 4.69) is 20.2 Å². The monoisotopic (exact) mass is 160 g/mol. The molecule has 0 amide bonds. The zero-order chi connectivity index (χ0) is 8.39. The molecule has 0 aliphatic heterocycles. The van der Waals surface area contributed by atoms with Crippen LogP contribution < -0.4 is 0 Å². The lowest BCUT2D eigenvalue weighted by Crippen LogP contribution is -1.83. The van der Waals surface area contributed by atoms with Crippen LogP contribution in [0.3, 0.4) is 0 Å². The molecule has 0 aromatic carbocycles. The number of hydrogen-bond acceptors (Lipinski definition) is 3. The third-order valence-electron chi connectivity index (χ3n) is 1.56. The number of imidazole rings is 1. The summed E-state index contributed by atoms with van der Waals surface area (Å²) in [5, 5.41) is 7.45. The molecule has 4 heteroatoms. The Bertz CT molecular complexity index is 366. The molecule has 2 aromatic rings. The van der Waals surface area contributed by atoms with Crippen molar-refractivity contribution in [2.24, 2.45) is 0 Å². The topological polar surface area (TPSA) is 54.5 Å². The van der Waals surface area contributed by atoms with E-state index < -0.39 is 0 Å². The molecule has 0 spiro atoms. The predicted molar refractivity (Wildman–Crippen MR) is 44.4 cm³/mol. The molecule has 2 aromatic heterocycles. The van der Waals surface area contributed by atoms with Crippen LogP contribution in [0.5, 0.6) is 0 Å². The van der Waals surface area contributed by atoms with Gasteiger partial charge in [0.25, 0.3) is 0 Å². The van der Waals surface area contributed by atoms with E-state index in [-0.39, 0.29) is 0 Å². The average Bonchev–Trinajstić information content (AvgIpc) is 2.54. The summed E-state index contributed by atoms with van der Waals surface area (Å²) in [7, 11) is 0. The smallest absolute Gasteiger partial charge is 0.139 e. The summed E-state index contributed by atoms with van der Waals surface area (Å²) in [6.45, 7) is 1.96. The highest BCUT2D eigenvalue weighted by Crippen LogP contribution is 2.11. The molecular weight excluding hydrogens is 152 g/mol. The quantitative estimate of drug-likeness (QED) is 0.681. The number of aromatic amines is 1. The van der Waals surface area contributed by atoms with E-state index in [4.69, 9.17) is 0 Å². The maximum absolute atomic E-state index is 4.16. The first-order valence-electron chi connectivity index (χ1n) is 3.65. The van der Waals surface area contributed by atoms with Gasteiger partial charge < -0.3 is 4.98 Å². The van der Waals surface area contributed by atoms with E-state index in [0.717, 1.165) is 17.1 Å². The fourth-order valence-corrected chi connectivity index (χ4v) is 0.990. The first-order valence-corrected chi connectivity index (χ1v) is 3.65. The maximum atomic E-state index is 4.16. The van der Waals surface area contributed by atoms with Crippen molar-refractivity contribution >= 4 is 0 Å². The second kappa shape index (κ2) is 2.73. The summed E-state index contributed by atoms with van der Waals surface area (Å²) >= 11 is 0. The van der Waals surface area contributed by atoms with Crippen molar-refractivity contribution in [3.05, 3.63) is 30.4 Å². The van der Waals surface area contributed by atoms with Gasteiger partial charge >= 0.3 is 0 Å². The van der Waals surface area contributed by atoms with Crippen molar-refractivity contribution < 1.29 is 0 Å². The number of rotatable bonds is 1. The Morgan fingerprint density at radius 1 is 1.25 bits per heavy atom. The van der Waals surface area contributed by atoms with Gasteiger partial charge in [0.1, 0.15) is 5.82 Å². The van der Waals surface area contributed by atoms with Crippen LogP contribution in [0.15, 0.2) is 24.7 Å². The van der Waals surface area contributed by atoms with Crippen LogP contribution in [0.25, 0.3) is 11.4 Å². The number of nitrogens with zero attached hydrogens (tertiary/aromatic N) is 3. The molecule has 0 aliphatic rings. The first-order chi connectivity index (χ1) is 5.86. The summed E-state index contributed by atoms with van der Waals surface area (Å²) in [6, 6.07) is 1.87. The Balaban J connectivity index is 2.45. The van der Waals surface area contributed by atoms with Gasteiger partial charge in [0.15, 0.2) is 0 Å². The van der Waals surface area contributed by atoms with Crippen LogP contribution in [0.4, 0.5) is 0 Å². The highest BCUT2D eigenvalue weighted by molar-refractivity contribution is 5.52. The molecule has 0 bridgehead atoms. The van der Waals surface area contributed by atoms with E-state index in [1.165, 1.54) is 0 Å². The van der Waals surface area contributed by atoms with Gasteiger partial charge in [-0.2, -0.15) is 10.2 Å². The van der Waals surface area contributed by atoms with E-state index >= 15 is 0 Å². The van der Waals surface area contributed by atoms with Crippen LogP contribution in [0, 0.1) is 6.92 Å². The molecule has 0 saturated heterocycles. The summed E-state index contributed by atoms with van der Waals surface area (Å²) in [5.41, 5.74) is 2.00. The Labute approximate surface area is 69.7 Å². The molecule has 4 nitrogen and oxygen atoms in total. The van der Waals surface area contributed by atoms with Gasteiger partial charge in [-0.1, -0.05) is 0 Å². The Morgan fingerprint density at radius 2 is 2.17 bits per heavy atom. The summed E-state index contributed by atoms with van der Waals surface area (Å²) in [5.74, 6) is 0.836. The molecule has 0 atom stereocenters. The zero-order valence-electron chi connectivity index (χ0n) is 6.65. The van der Waals surface area contributed by atoms with Crippen LogP contribution in [-0.4, -0.2) is 20.2 Å². The molecule has 12 heavy (non-hydrogen) atoms. The Hall–Kier alpha value is -1.71. The average molecular weight is 160 g/mol. The predicted octanol–water partition coefficient (Wildman–Crippen LogP) is 1.18. The van der Waals surface area contributed by atoms with Crippen molar-refractivity contribution in [3.8, 4) is 11.4 Å². The van der Waals surface area contributed by atoms with E-state index in [0.29, 0.717) is 0 Å². The van der Waals surface area contributed by atoms with Crippen molar-refractivity contribution in [1.82, 2.24) is 20.2 Å². The summed E-state index contributed by atoms with van der Waals surface area (Å²) in [4.78, 5) is 7.28. The molecular formula is C8H8N4. The standard InChI is InChI=1S/C8H8N4/c1-6-4-9-8(12-6)7-2-3-10-11-5-7/h2-5H,1H3,(H,9,12). The zero-order valence-corrected chi connectivity index (χ0v) is 6.65. The summed E-state index contributed by atoms with van der Waals surface area (Å²) < 4.78 is 0. The van der Waals surface area contributed by atoms with Gasteiger partial charge in [0.05, 0.1) is 12.4 Å². The Kier molecular flexibility index (Phi) is 1.59. The molecule has 2 rings (SSSR count). The number of aryl methyl sites for hydroxylation is 1. The Morgan fingerprint density at radius 3 is 2.75 bits per heavy atom. The van der Waals surface area contributed by atoms with Crippen LogP contribution in [-0.2, 0) is 0 Å². The van der Waals surface area contributed by atoms with Gasteiger partial charge in [-0.25, -0.2) is 4.98 Å². The number of hydrogen-bond donors (Lipinski definition) is 1. The number of aromatic nitrogens is 4. The molecule has 0 unspecified atom stereocenters. The third-order valence-corrected chi connectivity index (χ3v) is 1.56. The lowest BCUT2D eigenvalue weighted by Gasteiger charge is -1.92. The molecule has 0 saturated carbocycles. The third kappa shape index (κ3) is 1.18. The van der Waals surface area contributed by atoms with Gasteiger partial charge in [0.2, 0.25) is 0 Å². The highest BCUT2D eigenvalue weighted by atomic mass is 15.1.